The second kappa shape index (κ2) is 36.2. The van der Waals surface area contributed by atoms with Crippen LogP contribution in [0.5, 0.6) is 0 Å². The monoisotopic (exact) mass is 684 g/mol. The van der Waals surface area contributed by atoms with Crippen LogP contribution < -0.4 is 0 Å². The predicted molar refractivity (Wildman–Crippen MR) is 219 cm³/mol. The molecule has 3 nitrogen and oxygen atoms in total. The zero-order valence-electron chi connectivity index (χ0n) is 34.0. The standard InChI is InChI=1S/C46H85NO2/c1-7-9-11-13-15-17-19-21-23-25-27-29-31-33-35-37-40-44(49-45(48)42-39-43-47(6)46(3,4)5)41-38-36-34-32-30-28-26-24-22-20-18-16-14-12-10-8-2/h15-18,21-24,44H,7-14,19-20,25-43H2,1-6H3/b17-15-,18-16-,23-21-,24-22-. The van der Waals surface area contributed by atoms with E-state index in [0.717, 1.165) is 38.6 Å². The van der Waals surface area contributed by atoms with E-state index in [9.17, 15) is 4.79 Å². The van der Waals surface area contributed by atoms with E-state index in [4.69, 9.17) is 4.74 Å². The number of carbonyl (C=O) groups is 1. The van der Waals surface area contributed by atoms with E-state index >= 15 is 0 Å². The van der Waals surface area contributed by atoms with Crippen molar-refractivity contribution in [2.75, 3.05) is 13.6 Å². The topological polar surface area (TPSA) is 29.5 Å². The van der Waals surface area contributed by atoms with Crippen LogP contribution in [-0.2, 0) is 9.53 Å². The van der Waals surface area contributed by atoms with Crippen LogP contribution in [0.3, 0.4) is 0 Å². The Morgan fingerprint density at radius 1 is 0.531 bits per heavy atom. The minimum atomic E-state index is 0.00684. The van der Waals surface area contributed by atoms with Gasteiger partial charge in [0.2, 0.25) is 0 Å². The highest BCUT2D eigenvalue weighted by atomic mass is 16.5. The Morgan fingerprint density at radius 3 is 1.29 bits per heavy atom. The maximum absolute atomic E-state index is 12.8. The summed E-state index contributed by atoms with van der Waals surface area (Å²) < 4.78 is 6.08. The molecule has 49 heavy (non-hydrogen) atoms. The van der Waals surface area contributed by atoms with Crippen molar-refractivity contribution >= 4 is 5.97 Å². The highest BCUT2D eigenvalue weighted by Gasteiger charge is 2.18. The van der Waals surface area contributed by atoms with Gasteiger partial charge in [0.25, 0.3) is 0 Å². The SMILES string of the molecule is CCCCC/C=C\C/C=C\CCCCCCCCC(CCCCCCCC/C=C\C/C=C\CCCCC)OC(=O)CCCN(C)C(C)(C)C. The molecule has 0 fully saturated rings. The van der Waals surface area contributed by atoms with Gasteiger partial charge in [-0.3, -0.25) is 4.79 Å². The summed E-state index contributed by atoms with van der Waals surface area (Å²) in [5.41, 5.74) is 0.134. The Balaban J connectivity index is 4.20. The van der Waals surface area contributed by atoms with Crippen LogP contribution in [0.25, 0.3) is 0 Å². The van der Waals surface area contributed by atoms with E-state index in [2.05, 4.69) is 95.2 Å². The van der Waals surface area contributed by atoms with Crippen molar-refractivity contribution in [2.45, 2.75) is 226 Å². The van der Waals surface area contributed by atoms with Crippen LogP contribution in [0.2, 0.25) is 0 Å². The van der Waals surface area contributed by atoms with Crippen molar-refractivity contribution in [3.8, 4) is 0 Å². The number of hydrogen-bond acceptors (Lipinski definition) is 3. The minimum Gasteiger partial charge on any atom is -0.462 e. The summed E-state index contributed by atoms with van der Waals surface area (Å²) in [5, 5.41) is 0. The van der Waals surface area contributed by atoms with Crippen LogP contribution in [0.1, 0.15) is 214 Å². The largest absolute Gasteiger partial charge is 0.462 e. The summed E-state index contributed by atoms with van der Waals surface area (Å²) in [5.74, 6) is 0.00684. The first-order chi connectivity index (χ1) is 23.8. The molecule has 0 aliphatic rings. The Morgan fingerprint density at radius 2 is 0.898 bits per heavy atom. The molecule has 0 bridgehead atoms. The molecule has 0 aliphatic carbocycles. The first-order valence-electron chi connectivity index (χ1n) is 21.3. The lowest BCUT2D eigenvalue weighted by Gasteiger charge is -2.31. The van der Waals surface area contributed by atoms with E-state index in [1.54, 1.807) is 0 Å². The number of hydrogen-bond donors (Lipinski definition) is 0. The van der Waals surface area contributed by atoms with Gasteiger partial charge in [-0.05, 0) is 131 Å². The van der Waals surface area contributed by atoms with E-state index in [-0.39, 0.29) is 17.6 Å². The molecule has 0 aromatic rings. The highest BCUT2D eigenvalue weighted by Crippen LogP contribution is 2.19. The summed E-state index contributed by atoms with van der Waals surface area (Å²) in [7, 11) is 2.14. The molecule has 0 unspecified atom stereocenters. The molecule has 0 radical (unpaired) electrons. The molecule has 3 heteroatoms. The van der Waals surface area contributed by atoms with Crippen molar-refractivity contribution in [1.82, 2.24) is 4.90 Å². The van der Waals surface area contributed by atoms with Gasteiger partial charge in [-0.25, -0.2) is 0 Å². The summed E-state index contributed by atoms with van der Waals surface area (Å²) in [6, 6.07) is 0. The number of nitrogens with zero attached hydrogens (tertiary/aromatic N) is 1. The third kappa shape index (κ3) is 36.0. The molecule has 0 rings (SSSR count). The number of rotatable bonds is 35. The molecule has 0 aromatic carbocycles. The van der Waals surface area contributed by atoms with Gasteiger partial charge < -0.3 is 9.64 Å². The summed E-state index contributed by atoms with van der Waals surface area (Å²) in [6.07, 6.45) is 52.7. The average Bonchev–Trinajstić information content (AvgIpc) is 3.07. The van der Waals surface area contributed by atoms with Crippen molar-refractivity contribution in [3.05, 3.63) is 48.6 Å². The molecule has 0 spiro atoms. The lowest BCUT2D eigenvalue weighted by atomic mass is 10.0. The Labute approximate surface area is 307 Å². The molecular formula is C46H85NO2. The fraction of sp³-hybridized carbons (Fsp3) is 0.804. The number of unbranched alkanes of at least 4 members (excludes halogenated alkanes) is 18. The summed E-state index contributed by atoms with van der Waals surface area (Å²) in [6.45, 7) is 12.1. The van der Waals surface area contributed by atoms with E-state index in [1.807, 2.05) is 0 Å². The van der Waals surface area contributed by atoms with Crippen molar-refractivity contribution in [2.24, 2.45) is 0 Å². The van der Waals surface area contributed by atoms with Gasteiger partial charge in [0.15, 0.2) is 0 Å². The average molecular weight is 684 g/mol. The fourth-order valence-electron chi connectivity index (χ4n) is 6.02. The number of carbonyl (C=O) groups excluding carboxylic acids is 1. The maximum atomic E-state index is 12.8. The van der Waals surface area contributed by atoms with Gasteiger partial charge >= 0.3 is 5.97 Å². The lowest BCUT2D eigenvalue weighted by molar-refractivity contribution is -0.150. The molecule has 0 aromatic heterocycles. The Kier molecular flexibility index (Phi) is 35.0. The second-order valence-corrected chi connectivity index (χ2v) is 15.6. The smallest absolute Gasteiger partial charge is 0.306 e. The number of esters is 1. The summed E-state index contributed by atoms with van der Waals surface area (Å²) in [4.78, 5) is 15.1. The van der Waals surface area contributed by atoms with Gasteiger partial charge in [-0.2, -0.15) is 0 Å². The summed E-state index contributed by atoms with van der Waals surface area (Å²) >= 11 is 0. The third-order valence-electron chi connectivity index (χ3n) is 9.77. The van der Waals surface area contributed by atoms with E-state index in [0.29, 0.717) is 6.42 Å². The second-order valence-electron chi connectivity index (χ2n) is 15.6. The van der Waals surface area contributed by atoms with Gasteiger partial charge in [-0.15, -0.1) is 0 Å². The van der Waals surface area contributed by atoms with Crippen LogP contribution in [-0.4, -0.2) is 36.1 Å². The van der Waals surface area contributed by atoms with Crippen LogP contribution >= 0.6 is 0 Å². The van der Waals surface area contributed by atoms with Crippen LogP contribution in [0.4, 0.5) is 0 Å². The molecular weight excluding hydrogens is 599 g/mol. The zero-order valence-corrected chi connectivity index (χ0v) is 34.0. The van der Waals surface area contributed by atoms with Gasteiger partial charge in [0, 0.05) is 12.0 Å². The quantitative estimate of drug-likeness (QED) is 0.0378. The predicted octanol–water partition coefficient (Wildman–Crippen LogP) is 14.8. The zero-order chi connectivity index (χ0) is 36.1. The Bertz CT molecular complexity index is 769. The van der Waals surface area contributed by atoms with Gasteiger partial charge in [0.05, 0.1) is 0 Å². The molecule has 286 valence electrons. The van der Waals surface area contributed by atoms with Crippen molar-refractivity contribution < 1.29 is 9.53 Å². The molecule has 0 atom stereocenters. The number of allylic oxidation sites excluding steroid dienone is 8. The fourth-order valence-corrected chi connectivity index (χ4v) is 6.02. The third-order valence-corrected chi connectivity index (χ3v) is 9.77. The first kappa shape index (κ1) is 47.4. The lowest BCUT2D eigenvalue weighted by Crippen LogP contribution is -2.38. The number of ether oxygens (including phenoxy) is 1. The molecule has 0 saturated heterocycles. The Hall–Kier alpha value is -1.61. The maximum Gasteiger partial charge on any atom is 0.306 e. The van der Waals surface area contributed by atoms with Gasteiger partial charge in [0.1, 0.15) is 6.10 Å². The molecule has 0 amide bonds. The first-order valence-corrected chi connectivity index (χ1v) is 21.3. The van der Waals surface area contributed by atoms with Crippen LogP contribution in [0.15, 0.2) is 48.6 Å². The minimum absolute atomic E-state index is 0.00684. The van der Waals surface area contributed by atoms with Crippen molar-refractivity contribution in [3.63, 3.8) is 0 Å². The van der Waals surface area contributed by atoms with Crippen molar-refractivity contribution in [1.29, 1.82) is 0 Å². The van der Waals surface area contributed by atoms with E-state index in [1.165, 1.54) is 141 Å². The molecule has 0 saturated carbocycles. The normalized spacial score (nSPS) is 12.7. The van der Waals surface area contributed by atoms with E-state index < -0.39 is 0 Å². The highest BCUT2D eigenvalue weighted by molar-refractivity contribution is 5.69. The molecule has 0 N–H and O–H groups in total. The van der Waals surface area contributed by atoms with Gasteiger partial charge in [-0.1, -0.05) is 140 Å². The molecule has 0 heterocycles. The van der Waals surface area contributed by atoms with Crippen LogP contribution in [0, 0.1) is 0 Å². The molecule has 0 aliphatic heterocycles.